The highest BCUT2D eigenvalue weighted by atomic mass is 16.5. The summed E-state index contributed by atoms with van der Waals surface area (Å²) in [6.45, 7) is 6.40. The zero-order valence-corrected chi connectivity index (χ0v) is 15.5. The van der Waals surface area contributed by atoms with Crippen LogP contribution in [0, 0.1) is 13.8 Å². The lowest BCUT2D eigenvalue weighted by molar-refractivity contribution is -0.121. The van der Waals surface area contributed by atoms with Crippen LogP contribution in [0.1, 0.15) is 23.6 Å². The Morgan fingerprint density at radius 3 is 2.36 bits per heavy atom. The van der Waals surface area contributed by atoms with Gasteiger partial charge in [-0.2, -0.15) is 0 Å². The molecule has 5 heteroatoms. The first kappa shape index (κ1) is 18.6. The lowest BCUT2D eigenvalue weighted by Crippen LogP contribution is -2.37. The van der Waals surface area contributed by atoms with Gasteiger partial charge in [0.2, 0.25) is 5.91 Å². The second-order valence-electron chi connectivity index (χ2n) is 6.07. The van der Waals surface area contributed by atoms with Crippen LogP contribution in [-0.4, -0.2) is 26.2 Å². The Morgan fingerprint density at radius 1 is 1.00 bits per heavy atom. The SMILES string of the molecule is COc1ccc(CNC(=O)C(C)Nc2ccc(C)c(C)c2)cc1OC. The summed E-state index contributed by atoms with van der Waals surface area (Å²) in [6.07, 6.45) is 0. The van der Waals surface area contributed by atoms with Crippen molar-refractivity contribution in [3.8, 4) is 11.5 Å². The van der Waals surface area contributed by atoms with E-state index in [0.717, 1.165) is 11.3 Å². The van der Waals surface area contributed by atoms with Crippen molar-refractivity contribution in [2.24, 2.45) is 0 Å². The Morgan fingerprint density at radius 2 is 1.72 bits per heavy atom. The number of hydrogen-bond acceptors (Lipinski definition) is 4. The maximum atomic E-state index is 12.3. The number of hydrogen-bond donors (Lipinski definition) is 2. The quantitative estimate of drug-likeness (QED) is 0.809. The molecule has 0 aliphatic heterocycles. The summed E-state index contributed by atoms with van der Waals surface area (Å²) < 4.78 is 10.5. The van der Waals surface area contributed by atoms with Gasteiger partial charge < -0.3 is 20.1 Å². The molecule has 1 unspecified atom stereocenters. The molecule has 0 fully saturated rings. The summed E-state index contributed by atoms with van der Waals surface area (Å²) in [6, 6.07) is 11.3. The highest BCUT2D eigenvalue weighted by Gasteiger charge is 2.13. The molecule has 5 nitrogen and oxygen atoms in total. The number of anilines is 1. The van der Waals surface area contributed by atoms with E-state index in [2.05, 4.69) is 24.5 Å². The summed E-state index contributed by atoms with van der Waals surface area (Å²) in [7, 11) is 3.19. The average Bonchev–Trinajstić information content (AvgIpc) is 2.62. The second-order valence-corrected chi connectivity index (χ2v) is 6.07. The van der Waals surface area contributed by atoms with Gasteiger partial charge in [-0.1, -0.05) is 12.1 Å². The zero-order valence-electron chi connectivity index (χ0n) is 15.5. The van der Waals surface area contributed by atoms with Gasteiger partial charge in [-0.3, -0.25) is 4.79 Å². The van der Waals surface area contributed by atoms with Gasteiger partial charge in [0.25, 0.3) is 0 Å². The van der Waals surface area contributed by atoms with E-state index in [-0.39, 0.29) is 11.9 Å². The number of aryl methyl sites for hydroxylation is 2. The van der Waals surface area contributed by atoms with Crippen LogP contribution in [0.4, 0.5) is 5.69 Å². The van der Waals surface area contributed by atoms with Crippen LogP contribution in [0.25, 0.3) is 0 Å². The van der Waals surface area contributed by atoms with Crippen molar-refractivity contribution in [1.29, 1.82) is 0 Å². The molecule has 0 heterocycles. The predicted molar refractivity (Wildman–Crippen MR) is 100 cm³/mol. The van der Waals surface area contributed by atoms with Crippen molar-refractivity contribution in [1.82, 2.24) is 5.32 Å². The molecule has 1 atom stereocenters. The van der Waals surface area contributed by atoms with Gasteiger partial charge in [-0.05, 0) is 61.7 Å². The Labute approximate surface area is 149 Å². The van der Waals surface area contributed by atoms with E-state index in [1.165, 1.54) is 11.1 Å². The number of amides is 1. The average molecular weight is 342 g/mol. The molecule has 2 N–H and O–H groups in total. The smallest absolute Gasteiger partial charge is 0.242 e. The van der Waals surface area contributed by atoms with Crippen molar-refractivity contribution in [2.45, 2.75) is 33.4 Å². The Bertz CT molecular complexity index is 744. The third kappa shape index (κ3) is 4.89. The van der Waals surface area contributed by atoms with Crippen molar-refractivity contribution in [3.63, 3.8) is 0 Å². The number of carbonyl (C=O) groups excluding carboxylic acids is 1. The first-order valence-corrected chi connectivity index (χ1v) is 8.27. The van der Waals surface area contributed by atoms with E-state index in [1.54, 1.807) is 14.2 Å². The summed E-state index contributed by atoms with van der Waals surface area (Å²) in [5.74, 6) is 1.26. The largest absolute Gasteiger partial charge is 0.493 e. The molecule has 2 aromatic carbocycles. The van der Waals surface area contributed by atoms with Crippen LogP contribution in [0.2, 0.25) is 0 Å². The van der Waals surface area contributed by atoms with Gasteiger partial charge in [0.05, 0.1) is 14.2 Å². The third-order valence-electron chi connectivity index (χ3n) is 4.20. The summed E-state index contributed by atoms with van der Waals surface area (Å²) >= 11 is 0. The molecule has 0 aliphatic carbocycles. The fourth-order valence-electron chi connectivity index (χ4n) is 2.48. The first-order valence-electron chi connectivity index (χ1n) is 8.27. The molecule has 25 heavy (non-hydrogen) atoms. The van der Waals surface area contributed by atoms with E-state index in [9.17, 15) is 4.79 Å². The first-order chi connectivity index (χ1) is 11.9. The normalized spacial score (nSPS) is 11.6. The lowest BCUT2D eigenvalue weighted by Gasteiger charge is -2.16. The van der Waals surface area contributed by atoms with Crippen LogP contribution in [0.3, 0.4) is 0 Å². The highest BCUT2D eigenvalue weighted by molar-refractivity contribution is 5.84. The fourth-order valence-corrected chi connectivity index (χ4v) is 2.48. The van der Waals surface area contributed by atoms with Crippen molar-refractivity contribution < 1.29 is 14.3 Å². The number of nitrogens with one attached hydrogen (secondary N) is 2. The number of methoxy groups -OCH3 is 2. The molecular formula is C20H26N2O3. The van der Waals surface area contributed by atoms with E-state index < -0.39 is 0 Å². The monoisotopic (exact) mass is 342 g/mol. The van der Waals surface area contributed by atoms with Crippen molar-refractivity contribution >= 4 is 11.6 Å². The van der Waals surface area contributed by atoms with Crippen LogP contribution in [-0.2, 0) is 11.3 Å². The Balaban J connectivity index is 1.94. The molecular weight excluding hydrogens is 316 g/mol. The number of rotatable bonds is 7. The number of ether oxygens (including phenoxy) is 2. The van der Waals surface area contributed by atoms with E-state index >= 15 is 0 Å². The molecule has 0 bridgehead atoms. The maximum absolute atomic E-state index is 12.3. The summed E-state index contributed by atoms with van der Waals surface area (Å²) in [5, 5.41) is 6.17. The van der Waals surface area contributed by atoms with Gasteiger partial charge in [-0.25, -0.2) is 0 Å². The molecule has 0 spiro atoms. The molecule has 0 radical (unpaired) electrons. The summed E-state index contributed by atoms with van der Waals surface area (Å²) in [5.41, 5.74) is 4.32. The minimum absolute atomic E-state index is 0.0620. The number of carbonyl (C=O) groups is 1. The van der Waals surface area contributed by atoms with Gasteiger partial charge in [-0.15, -0.1) is 0 Å². The van der Waals surface area contributed by atoms with Gasteiger partial charge in [0.1, 0.15) is 6.04 Å². The Kier molecular flexibility index (Phi) is 6.28. The van der Waals surface area contributed by atoms with E-state index in [0.29, 0.717) is 18.0 Å². The standard InChI is InChI=1S/C20H26N2O3/c1-13-6-8-17(10-14(13)2)22-15(3)20(23)21-12-16-7-9-18(24-4)19(11-16)25-5/h6-11,15,22H,12H2,1-5H3,(H,21,23). The Hall–Kier alpha value is -2.69. The van der Waals surface area contributed by atoms with Crippen molar-refractivity contribution in [3.05, 3.63) is 53.1 Å². The van der Waals surface area contributed by atoms with Crippen LogP contribution in [0.15, 0.2) is 36.4 Å². The minimum atomic E-state index is -0.331. The van der Waals surface area contributed by atoms with E-state index in [1.807, 2.05) is 43.3 Å². The van der Waals surface area contributed by atoms with Crippen LogP contribution in [0.5, 0.6) is 11.5 Å². The molecule has 0 saturated heterocycles. The molecule has 1 amide bonds. The van der Waals surface area contributed by atoms with Gasteiger partial charge >= 0.3 is 0 Å². The summed E-state index contributed by atoms with van der Waals surface area (Å²) in [4.78, 5) is 12.3. The fraction of sp³-hybridized carbons (Fsp3) is 0.350. The van der Waals surface area contributed by atoms with Gasteiger partial charge in [0.15, 0.2) is 11.5 Å². The maximum Gasteiger partial charge on any atom is 0.242 e. The molecule has 0 saturated carbocycles. The lowest BCUT2D eigenvalue weighted by atomic mass is 10.1. The van der Waals surface area contributed by atoms with Crippen molar-refractivity contribution in [2.75, 3.05) is 19.5 Å². The molecule has 0 aromatic heterocycles. The van der Waals surface area contributed by atoms with Crippen LogP contribution >= 0.6 is 0 Å². The molecule has 2 aromatic rings. The predicted octanol–water partition coefficient (Wildman–Crippen LogP) is 3.44. The number of benzene rings is 2. The molecule has 0 aliphatic rings. The highest BCUT2D eigenvalue weighted by Crippen LogP contribution is 2.27. The van der Waals surface area contributed by atoms with Crippen LogP contribution < -0.4 is 20.1 Å². The zero-order chi connectivity index (χ0) is 18.4. The van der Waals surface area contributed by atoms with Gasteiger partial charge in [0, 0.05) is 12.2 Å². The molecule has 134 valence electrons. The third-order valence-corrected chi connectivity index (χ3v) is 4.20. The second kappa shape index (κ2) is 8.42. The topological polar surface area (TPSA) is 59.6 Å². The molecule has 2 rings (SSSR count). The van der Waals surface area contributed by atoms with E-state index in [4.69, 9.17) is 9.47 Å². The minimum Gasteiger partial charge on any atom is -0.493 e.